The average molecular weight is 298 g/mol. The summed E-state index contributed by atoms with van der Waals surface area (Å²) in [7, 11) is -1.29. The minimum absolute atomic E-state index is 0.114. The third kappa shape index (κ3) is 4.21. The zero-order chi connectivity index (χ0) is 15.3. The van der Waals surface area contributed by atoms with Gasteiger partial charge in [0, 0.05) is 19.6 Å². The first-order valence-electron chi connectivity index (χ1n) is 7.08. The van der Waals surface area contributed by atoms with Gasteiger partial charge in [-0.05, 0) is 24.5 Å². The molecule has 5 heteroatoms. The first-order chi connectivity index (χ1) is 9.29. The molecule has 0 aromatic heterocycles. The van der Waals surface area contributed by atoms with Crippen LogP contribution in [-0.4, -0.2) is 33.8 Å². The average Bonchev–Trinajstić information content (AvgIpc) is 2.44. The lowest BCUT2D eigenvalue weighted by Crippen LogP contribution is -2.32. The summed E-state index contributed by atoms with van der Waals surface area (Å²) in [6.45, 7) is 6.61. The maximum Gasteiger partial charge on any atom is 0.180 e. The highest BCUT2D eigenvalue weighted by Gasteiger charge is 2.18. The molecule has 0 saturated carbocycles. The predicted octanol–water partition coefficient (Wildman–Crippen LogP) is 2.29. The molecule has 0 bridgehead atoms. The van der Waals surface area contributed by atoms with Crippen LogP contribution in [0.3, 0.4) is 0 Å². The highest BCUT2D eigenvalue weighted by Crippen LogP contribution is 2.25. The second-order valence-corrected chi connectivity index (χ2v) is 7.74. The van der Waals surface area contributed by atoms with Crippen molar-refractivity contribution in [2.75, 3.05) is 24.2 Å². The smallest absolute Gasteiger partial charge is 0.180 e. The van der Waals surface area contributed by atoms with Crippen LogP contribution in [0.2, 0.25) is 0 Å². The van der Waals surface area contributed by atoms with Crippen LogP contribution in [0, 0.1) is 5.92 Å². The number of benzene rings is 1. The molecule has 0 radical (unpaired) electrons. The van der Waals surface area contributed by atoms with E-state index in [2.05, 4.69) is 13.8 Å². The molecule has 0 saturated heterocycles. The second kappa shape index (κ2) is 7.09. The van der Waals surface area contributed by atoms with Crippen molar-refractivity contribution in [2.24, 2.45) is 11.7 Å². The molecular formula is C15H26N2O2S. The van der Waals surface area contributed by atoms with Gasteiger partial charge < -0.3 is 10.6 Å². The van der Waals surface area contributed by atoms with Gasteiger partial charge in [-0.1, -0.05) is 32.9 Å². The van der Waals surface area contributed by atoms with Crippen molar-refractivity contribution in [3.63, 3.8) is 0 Å². The van der Waals surface area contributed by atoms with Crippen molar-refractivity contribution in [2.45, 2.75) is 38.1 Å². The van der Waals surface area contributed by atoms with E-state index in [0.717, 1.165) is 18.7 Å². The van der Waals surface area contributed by atoms with Gasteiger partial charge >= 0.3 is 0 Å². The van der Waals surface area contributed by atoms with Gasteiger partial charge in [0.2, 0.25) is 0 Å². The Labute approximate surface area is 122 Å². The van der Waals surface area contributed by atoms with E-state index in [9.17, 15) is 8.42 Å². The largest absolute Gasteiger partial charge is 0.373 e. The standard InChI is InChI=1S/C15H26N2O2S/c1-5-20(18,19)15-9-7-6-8-14(15)17(4)11-10-13(16)12(2)3/h6-9,12-13H,5,10-11,16H2,1-4H3. The lowest BCUT2D eigenvalue weighted by atomic mass is 10.0. The summed E-state index contributed by atoms with van der Waals surface area (Å²) in [5.74, 6) is 0.543. The Morgan fingerprint density at radius 1 is 1.25 bits per heavy atom. The van der Waals surface area contributed by atoms with E-state index < -0.39 is 9.84 Å². The van der Waals surface area contributed by atoms with Crippen LogP contribution in [0.25, 0.3) is 0 Å². The second-order valence-electron chi connectivity index (χ2n) is 5.49. The molecule has 4 nitrogen and oxygen atoms in total. The van der Waals surface area contributed by atoms with Gasteiger partial charge in [-0.25, -0.2) is 8.42 Å². The van der Waals surface area contributed by atoms with Crippen molar-refractivity contribution < 1.29 is 8.42 Å². The highest BCUT2D eigenvalue weighted by molar-refractivity contribution is 7.91. The summed E-state index contributed by atoms with van der Waals surface area (Å²) in [5, 5.41) is 0. The Morgan fingerprint density at radius 2 is 1.85 bits per heavy atom. The van der Waals surface area contributed by atoms with Crippen molar-refractivity contribution in [3.8, 4) is 0 Å². The molecule has 0 aliphatic carbocycles. The summed E-state index contributed by atoms with van der Waals surface area (Å²) in [6, 6.07) is 7.28. The zero-order valence-electron chi connectivity index (χ0n) is 12.8. The van der Waals surface area contributed by atoms with Gasteiger partial charge in [0.05, 0.1) is 16.3 Å². The monoisotopic (exact) mass is 298 g/mol. The van der Waals surface area contributed by atoms with E-state index in [1.807, 2.05) is 24.1 Å². The molecule has 0 heterocycles. The molecule has 1 unspecified atom stereocenters. The molecule has 20 heavy (non-hydrogen) atoms. The third-order valence-electron chi connectivity index (χ3n) is 3.65. The lowest BCUT2D eigenvalue weighted by molar-refractivity contribution is 0.466. The first kappa shape index (κ1) is 17.0. The number of hydrogen-bond donors (Lipinski definition) is 1. The number of anilines is 1. The fraction of sp³-hybridized carbons (Fsp3) is 0.600. The van der Waals surface area contributed by atoms with Gasteiger partial charge in [0.15, 0.2) is 9.84 Å². The molecule has 0 amide bonds. The van der Waals surface area contributed by atoms with Crippen LogP contribution in [-0.2, 0) is 9.84 Å². The predicted molar refractivity (Wildman–Crippen MR) is 84.9 cm³/mol. The molecule has 1 aromatic rings. The summed E-state index contributed by atoms with van der Waals surface area (Å²) in [4.78, 5) is 2.38. The molecule has 0 spiro atoms. The van der Waals surface area contributed by atoms with Gasteiger partial charge in [-0.3, -0.25) is 0 Å². The zero-order valence-corrected chi connectivity index (χ0v) is 13.7. The quantitative estimate of drug-likeness (QED) is 0.839. The van der Waals surface area contributed by atoms with E-state index in [1.165, 1.54) is 0 Å². The normalized spacial score (nSPS) is 13.5. The molecule has 0 fully saturated rings. The first-order valence-corrected chi connectivity index (χ1v) is 8.73. The van der Waals surface area contributed by atoms with Crippen molar-refractivity contribution in [1.29, 1.82) is 0 Å². The Bertz CT molecular complexity index is 526. The third-order valence-corrected chi connectivity index (χ3v) is 5.42. The molecule has 114 valence electrons. The molecule has 1 rings (SSSR count). The molecule has 2 N–H and O–H groups in total. The van der Waals surface area contributed by atoms with E-state index in [4.69, 9.17) is 5.73 Å². The topological polar surface area (TPSA) is 63.4 Å². The van der Waals surface area contributed by atoms with Crippen LogP contribution >= 0.6 is 0 Å². The van der Waals surface area contributed by atoms with Gasteiger partial charge in [-0.15, -0.1) is 0 Å². The minimum atomic E-state index is -3.20. The summed E-state index contributed by atoms with van der Waals surface area (Å²) in [6.07, 6.45) is 0.842. The fourth-order valence-corrected chi connectivity index (χ4v) is 3.13. The van der Waals surface area contributed by atoms with E-state index in [1.54, 1.807) is 19.1 Å². The molecule has 1 atom stereocenters. The minimum Gasteiger partial charge on any atom is -0.373 e. The molecular weight excluding hydrogens is 272 g/mol. The van der Waals surface area contributed by atoms with Crippen molar-refractivity contribution in [3.05, 3.63) is 24.3 Å². The van der Waals surface area contributed by atoms with Gasteiger partial charge in [0.1, 0.15) is 0 Å². The lowest BCUT2D eigenvalue weighted by Gasteiger charge is -2.25. The van der Waals surface area contributed by atoms with E-state index in [0.29, 0.717) is 10.8 Å². The Balaban J connectivity index is 2.92. The van der Waals surface area contributed by atoms with Crippen LogP contribution in [0.1, 0.15) is 27.2 Å². The Kier molecular flexibility index (Phi) is 6.02. The number of nitrogens with two attached hydrogens (primary N) is 1. The van der Waals surface area contributed by atoms with Crippen LogP contribution in [0.4, 0.5) is 5.69 Å². The highest BCUT2D eigenvalue weighted by atomic mass is 32.2. The summed E-state index contributed by atoms with van der Waals surface area (Å²) >= 11 is 0. The Hall–Kier alpha value is -1.07. The number of hydrogen-bond acceptors (Lipinski definition) is 4. The maximum absolute atomic E-state index is 12.1. The van der Waals surface area contributed by atoms with Gasteiger partial charge in [-0.2, -0.15) is 0 Å². The van der Waals surface area contributed by atoms with E-state index in [-0.39, 0.29) is 11.8 Å². The van der Waals surface area contributed by atoms with Crippen LogP contribution in [0.15, 0.2) is 29.2 Å². The number of para-hydroxylation sites is 1. The van der Waals surface area contributed by atoms with E-state index >= 15 is 0 Å². The summed E-state index contributed by atoms with van der Waals surface area (Å²) < 4.78 is 24.2. The van der Waals surface area contributed by atoms with Crippen LogP contribution < -0.4 is 10.6 Å². The molecule has 1 aromatic carbocycles. The number of sulfone groups is 1. The number of rotatable bonds is 7. The van der Waals surface area contributed by atoms with Crippen molar-refractivity contribution >= 4 is 15.5 Å². The number of nitrogens with zero attached hydrogens (tertiary/aromatic N) is 1. The Morgan fingerprint density at radius 3 is 2.40 bits per heavy atom. The molecule has 0 aliphatic rings. The maximum atomic E-state index is 12.1. The van der Waals surface area contributed by atoms with Crippen LogP contribution in [0.5, 0.6) is 0 Å². The van der Waals surface area contributed by atoms with Crippen molar-refractivity contribution in [1.82, 2.24) is 0 Å². The SMILES string of the molecule is CCS(=O)(=O)c1ccccc1N(C)CCC(N)C(C)C. The fourth-order valence-electron chi connectivity index (χ4n) is 1.99. The summed E-state index contributed by atoms with van der Waals surface area (Å²) in [5.41, 5.74) is 6.80. The molecule has 0 aliphatic heterocycles. The van der Waals surface area contributed by atoms with Gasteiger partial charge in [0.25, 0.3) is 0 Å².